The average Bonchev–Trinajstić information content (AvgIpc) is 2.44. The number of carbonyl (C=O) groups is 2. The van der Waals surface area contributed by atoms with Gasteiger partial charge in [0, 0.05) is 11.3 Å². The fourth-order valence-electron chi connectivity index (χ4n) is 2.49. The summed E-state index contributed by atoms with van der Waals surface area (Å²) in [6, 6.07) is -0.947. The molecule has 1 atom stereocenters. The van der Waals surface area contributed by atoms with Gasteiger partial charge >= 0.3 is 12.0 Å². The third kappa shape index (κ3) is 6.03. The molecule has 6 heteroatoms. The highest BCUT2D eigenvalue weighted by Gasteiger charge is 2.24. The van der Waals surface area contributed by atoms with Crippen molar-refractivity contribution in [2.24, 2.45) is 0 Å². The summed E-state index contributed by atoms with van der Waals surface area (Å²) in [5.41, 5.74) is 0. The van der Waals surface area contributed by atoms with Gasteiger partial charge in [-0.2, -0.15) is 11.8 Å². The van der Waals surface area contributed by atoms with Crippen LogP contribution in [0.2, 0.25) is 0 Å². The molecule has 0 aliphatic heterocycles. The van der Waals surface area contributed by atoms with Crippen molar-refractivity contribution in [2.75, 3.05) is 6.26 Å². The van der Waals surface area contributed by atoms with Crippen LogP contribution < -0.4 is 10.6 Å². The number of urea groups is 1. The lowest BCUT2D eigenvalue weighted by Gasteiger charge is -2.28. The van der Waals surface area contributed by atoms with Crippen LogP contribution in [0.15, 0.2) is 0 Å². The lowest BCUT2D eigenvalue weighted by Crippen LogP contribution is -2.49. The molecule has 0 saturated heterocycles. The first-order valence-corrected chi connectivity index (χ1v) is 8.68. The zero-order chi connectivity index (χ0) is 15.0. The molecule has 5 nitrogen and oxygen atoms in total. The monoisotopic (exact) mass is 302 g/mol. The van der Waals surface area contributed by atoms with Crippen LogP contribution in [0.4, 0.5) is 4.79 Å². The number of carboxylic acid groups (broad SMARTS) is 1. The van der Waals surface area contributed by atoms with E-state index in [9.17, 15) is 9.59 Å². The maximum atomic E-state index is 11.8. The molecule has 3 N–H and O–H groups in total. The largest absolute Gasteiger partial charge is 0.480 e. The molecule has 20 heavy (non-hydrogen) atoms. The zero-order valence-corrected chi connectivity index (χ0v) is 13.2. The summed E-state index contributed by atoms with van der Waals surface area (Å²) in [4.78, 5) is 22.9. The molecule has 0 radical (unpaired) electrons. The second kappa shape index (κ2) is 9.10. The van der Waals surface area contributed by atoms with E-state index in [-0.39, 0.29) is 12.1 Å². The third-order valence-corrected chi connectivity index (χ3v) is 4.93. The Bertz CT molecular complexity index is 318. The first-order chi connectivity index (χ1) is 9.56. The van der Waals surface area contributed by atoms with Crippen molar-refractivity contribution >= 4 is 23.8 Å². The average molecular weight is 302 g/mol. The SMILES string of the molecule is CCCCC(NC(=O)NC1CCC(SC)CC1)C(=O)O. The smallest absolute Gasteiger partial charge is 0.326 e. The Labute approximate surface area is 125 Å². The van der Waals surface area contributed by atoms with Crippen molar-refractivity contribution < 1.29 is 14.7 Å². The predicted octanol–water partition coefficient (Wildman–Crippen LogP) is 2.60. The third-order valence-electron chi connectivity index (χ3n) is 3.79. The fraction of sp³-hybridized carbons (Fsp3) is 0.857. The van der Waals surface area contributed by atoms with Gasteiger partial charge in [0.05, 0.1) is 0 Å². The molecule has 1 unspecified atom stereocenters. The Kier molecular flexibility index (Phi) is 7.80. The van der Waals surface area contributed by atoms with Crippen molar-refractivity contribution in [3.05, 3.63) is 0 Å². The summed E-state index contributed by atoms with van der Waals surface area (Å²) in [5, 5.41) is 15.2. The molecular weight excluding hydrogens is 276 g/mol. The lowest BCUT2D eigenvalue weighted by atomic mass is 9.95. The van der Waals surface area contributed by atoms with E-state index in [1.54, 1.807) is 0 Å². The van der Waals surface area contributed by atoms with Crippen LogP contribution in [0.3, 0.4) is 0 Å². The molecule has 1 fully saturated rings. The first kappa shape index (κ1) is 17.1. The number of carboxylic acids is 1. The van der Waals surface area contributed by atoms with E-state index in [1.165, 1.54) is 0 Å². The van der Waals surface area contributed by atoms with E-state index in [0.29, 0.717) is 11.7 Å². The summed E-state index contributed by atoms with van der Waals surface area (Å²) < 4.78 is 0. The van der Waals surface area contributed by atoms with E-state index in [1.807, 2.05) is 18.7 Å². The van der Waals surface area contributed by atoms with Crippen LogP contribution >= 0.6 is 11.8 Å². The van der Waals surface area contributed by atoms with Gasteiger partial charge in [-0.25, -0.2) is 9.59 Å². The minimum absolute atomic E-state index is 0.180. The number of nitrogens with one attached hydrogen (secondary N) is 2. The number of carbonyl (C=O) groups excluding carboxylic acids is 1. The van der Waals surface area contributed by atoms with Gasteiger partial charge in [0.2, 0.25) is 0 Å². The normalized spacial score (nSPS) is 23.9. The maximum Gasteiger partial charge on any atom is 0.326 e. The second-order valence-electron chi connectivity index (χ2n) is 5.36. The van der Waals surface area contributed by atoms with Gasteiger partial charge in [-0.15, -0.1) is 0 Å². The fourth-order valence-corrected chi connectivity index (χ4v) is 3.24. The van der Waals surface area contributed by atoms with Crippen molar-refractivity contribution in [1.29, 1.82) is 0 Å². The van der Waals surface area contributed by atoms with Crippen LogP contribution in [0.5, 0.6) is 0 Å². The number of aliphatic carboxylic acids is 1. The van der Waals surface area contributed by atoms with E-state index in [2.05, 4.69) is 16.9 Å². The highest BCUT2D eigenvalue weighted by molar-refractivity contribution is 7.99. The number of rotatable bonds is 7. The van der Waals surface area contributed by atoms with Crippen molar-refractivity contribution in [1.82, 2.24) is 10.6 Å². The van der Waals surface area contributed by atoms with Gasteiger partial charge in [0.1, 0.15) is 6.04 Å². The zero-order valence-electron chi connectivity index (χ0n) is 12.4. The molecule has 0 bridgehead atoms. The van der Waals surface area contributed by atoms with Crippen LogP contribution in [-0.2, 0) is 4.79 Å². The van der Waals surface area contributed by atoms with E-state index in [4.69, 9.17) is 5.11 Å². The number of amides is 2. The number of unbranched alkanes of at least 4 members (excludes halogenated alkanes) is 1. The van der Waals surface area contributed by atoms with Crippen LogP contribution in [-0.4, -0.2) is 40.7 Å². The molecular formula is C14H26N2O3S. The Morgan fingerprint density at radius 2 is 1.95 bits per heavy atom. The molecule has 0 aromatic heterocycles. The van der Waals surface area contributed by atoms with Gasteiger partial charge in [-0.05, 0) is 38.4 Å². The number of hydrogen-bond acceptors (Lipinski definition) is 3. The van der Waals surface area contributed by atoms with Gasteiger partial charge in [0.25, 0.3) is 0 Å². The van der Waals surface area contributed by atoms with Gasteiger partial charge in [-0.1, -0.05) is 19.8 Å². The van der Waals surface area contributed by atoms with Crippen molar-refractivity contribution in [3.8, 4) is 0 Å². The first-order valence-electron chi connectivity index (χ1n) is 7.39. The molecule has 0 aromatic carbocycles. The van der Waals surface area contributed by atoms with E-state index < -0.39 is 12.0 Å². The van der Waals surface area contributed by atoms with E-state index >= 15 is 0 Å². The van der Waals surface area contributed by atoms with Crippen LogP contribution in [0.1, 0.15) is 51.9 Å². The second-order valence-corrected chi connectivity index (χ2v) is 6.50. The summed E-state index contributed by atoms with van der Waals surface area (Å²) in [6.45, 7) is 2.00. The predicted molar refractivity (Wildman–Crippen MR) is 82.2 cm³/mol. The highest BCUT2D eigenvalue weighted by atomic mass is 32.2. The minimum Gasteiger partial charge on any atom is -0.480 e. The Morgan fingerprint density at radius 3 is 2.45 bits per heavy atom. The molecule has 2 amide bonds. The summed E-state index contributed by atoms with van der Waals surface area (Å²) in [6.07, 6.45) is 8.52. The molecule has 0 spiro atoms. The Balaban J connectivity index is 2.32. The Morgan fingerprint density at radius 1 is 1.30 bits per heavy atom. The molecule has 0 aromatic rings. The standard InChI is InChI=1S/C14H26N2O3S/c1-3-4-5-12(13(17)18)16-14(19)15-10-6-8-11(20-2)9-7-10/h10-12H,3-9H2,1-2H3,(H,17,18)(H2,15,16,19). The molecule has 1 rings (SSSR count). The number of hydrogen-bond donors (Lipinski definition) is 3. The topological polar surface area (TPSA) is 78.4 Å². The molecule has 1 aliphatic carbocycles. The molecule has 1 saturated carbocycles. The maximum absolute atomic E-state index is 11.8. The quantitative estimate of drug-likeness (QED) is 0.675. The number of thioether (sulfide) groups is 1. The van der Waals surface area contributed by atoms with Crippen molar-refractivity contribution in [3.63, 3.8) is 0 Å². The van der Waals surface area contributed by atoms with Crippen LogP contribution in [0, 0.1) is 0 Å². The lowest BCUT2D eigenvalue weighted by molar-refractivity contribution is -0.139. The summed E-state index contributed by atoms with van der Waals surface area (Å²) in [5.74, 6) is -0.959. The summed E-state index contributed by atoms with van der Waals surface area (Å²) >= 11 is 1.88. The van der Waals surface area contributed by atoms with Crippen LogP contribution in [0.25, 0.3) is 0 Å². The van der Waals surface area contributed by atoms with Gasteiger partial charge < -0.3 is 15.7 Å². The molecule has 1 aliphatic rings. The Hall–Kier alpha value is -0.910. The highest BCUT2D eigenvalue weighted by Crippen LogP contribution is 2.26. The van der Waals surface area contributed by atoms with E-state index in [0.717, 1.165) is 38.5 Å². The van der Waals surface area contributed by atoms with Crippen molar-refractivity contribution in [2.45, 2.75) is 69.2 Å². The van der Waals surface area contributed by atoms with Gasteiger partial charge in [0.15, 0.2) is 0 Å². The van der Waals surface area contributed by atoms with Gasteiger partial charge in [-0.3, -0.25) is 0 Å². The molecule has 0 heterocycles. The minimum atomic E-state index is -0.959. The summed E-state index contributed by atoms with van der Waals surface area (Å²) in [7, 11) is 0. The molecule has 116 valence electrons.